The largest absolute Gasteiger partial charge is 0.550 e. The highest BCUT2D eigenvalue weighted by Crippen LogP contribution is 2.02. The van der Waals surface area contributed by atoms with Crippen LogP contribution in [0.15, 0.2) is 0 Å². The fraction of sp³-hybridized carbons (Fsp3) is 0.833. The first kappa shape index (κ1) is 11.3. The van der Waals surface area contributed by atoms with E-state index in [4.69, 9.17) is 20.4 Å². The van der Waals surface area contributed by atoms with E-state index in [0.717, 1.165) is 0 Å². The molecule has 0 radical (unpaired) electrons. The molecule has 3 atom stereocenters. The maximum absolute atomic E-state index is 9.90. The summed E-state index contributed by atoms with van der Waals surface area (Å²) in [6.07, 6.45) is -5.62. The molecule has 6 heteroatoms. The molecule has 0 aliphatic rings. The van der Waals surface area contributed by atoms with Crippen LogP contribution in [0.1, 0.15) is 6.42 Å². The van der Waals surface area contributed by atoms with Gasteiger partial charge in [-0.15, -0.1) is 0 Å². The fourth-order valence-corrected chi connectivity index (χ4v) is 0.656. The molecule has 0 aliphatic heterocycles. The van der Waals surface area contributed by atoms with E-state index >= 15 is 0 Å². The van der Waals surface area contributed by atoms with Crippen molar-refractivity contribution in [1.82, 2.24) is 0 Å². The molecule has 3 unspecified atom stereocenters. The van der Waals surface area contributed by atoms with Crippen molar-refractivity contribution in [3.05, 3.63) is 0 Å². The summed E-state index contributed by atoms with van der Waals surface area (Å²) in [4.78, 5) is 9.90. The second kappa shape index (κ2) is 5.04. The van der Waals surface area contributed by atoms with Crippen molar-refractivity contribution in [2.24, 2.45) is 0 Å². The summed E-state index contributed by atoms with van der Waals surface area (Å²) < 4.78 is 0. The van der Waals surface area contributed by atoms with Crippen LogP contribution in [0, 0.1) is 0 Å². The average Bonchev–Trinajstić information content (AvgIpc) is 2.00. The van der Waals surface area contributed by atoms with Crippen LogP contribution in [0.5, 0.6) is 0 Å². The van der Waals surface area contributed by atoms with Crippen LogP contribution in [0.3, 0.4) is 0 Å². The molecule has 0 aliphatic carbocycles. The summed E-state index contributed by atoms with van der Waals surface area (Å²) in [5.74, 6) is -1.54. The monoisotopic (exact) mass is 179 g/mol. The molecule has 12 heavy (non-hydrogen) atoms. The van der Waals surface area contributed by atoms with Crippen LogP contribution in [0.4, 0.5) is 0 Å². The molecule has 0 rings (SSSR count). The zero-order valence-corrected chi connectivity index (χ0v) is 6.25. The molecule has 0 heterocycles. The number of hydrogen-bond donors (Lipinski definition) is 4. The van der Waals surface area contributed by atoms with Crippen LogP contribution in [-0.4, -0.2) is 51.3 Å². The predicted molar refractivity (Wildman–Crippen MR) is 34.7 cm³/mol. The van der Waals surface area contributed by atoms with Gasteiger partial charge in [0, 0.05) is 12.4 Å². The Balaban J connectivity index is 3.91. The molecule has 72 valence electrons. The number of rotatable bonds is 5. The molecular weight excluding hydrogens is 168 g/mol. The Hall–Kier alpha value is -0.690. The summed E-state index contributed by atoms with van der Waals surface area (Å²) in [5, 5.41) is 44.7. The Kier molecular flexibility index (Phi) is 4.75. The first-order valence-corrected chi connectivity index (χ1v) is 3.34. The number of carbonyl (C=O) groups is 1. The minimum absolute atomic E-state index is 0.745. The lowest BCUT2D eigenvalue weighted by Gasteiger charge is -2.21. The third-order valence-electron chi connectivity index (χ3n) is 1.35. The lowest BCUT2D eigenvalue weighted by atomic mass is 10.1. The Morgan fingerprint density at radius 1 is 1.25 bits per heavy atom. The summed E-state index contributed by atoms with van der Waals surface area (Å²) in [6, 6.07) is 0. The van der Waals surface area contributed by atoms with Gasteiger partial charge in [0.15, 0.2) is 0 Å². The lowest BCUT2D eigenvalue weighted by molar-refractivity contribution is -0.308. The molecule has 0 amide bonds. The van der Waals surface area contributed by atoms with Gasteiger partial charge in [0.2, 0.25) is 0 Å². The van der Waals surface area contributed by atoms with Gasteiger partial charge in [-0.25, -0.2) is 0 Å². The van der Waals surface area contributed by atoms with E-state index in [1.54, 1.807) is 0 Å². The maximum atomic E-state index is 9.90. The van der Waals surface area contributed by atoms with Crippen LogP contribution in [-0.2, 0) is 4.79 Å². The van der Waals surface area contributed by atoms with Crippen LogP contribution in [0.2, 0.25) is 0 Å². The maximum Gasteiger partial charge on any atom is 0.108 e. The number of aliphatic carboxylic acids is 1. The van der Waals surface area contributed by atoms with Crippen molar-refractivity contribution < 1.29 is 30.3 Å². The highest BCUT2D eigenvalue weighted by atomic mass is 16.4. The Labute approximate surface area is 68.7 Å². The average molecular weight is 179 g/mol. The van der Waals surface area contributed by atoms with Crippen LogP contribution < -0.4 is 5.11 Å². The first-order chi connectivity index (χ1) is 5.49. The molecule has 0 saturated heterocycles. The summed E-state index contributed by atoms with van der Waals surface area (Å²) >= 11 is 0. The molecule has 0 aromatic rings. The van der Waals surface area contributed by atoms with Gasteiger partial charge in [-0.3, -0.25) is 0 Å². The van der Waals surface area contributed by atoms with Gasteiger partial charge >= 0.3 is 0 Å². The van der Waals surface area contributed by atoms with Crippen molar-refractivity contribution in [1.29, 1.82) is 0 Å². The van der Waals surface area contributed by atoms with E-state index in [-0.39, 0.29) is 0 Å². The van der Waals surface area contributed by atoms with Crippen molar-refractivity contribution in [2.75, 3.05) is 6.61 Å². The van der Waals surface area contributed by atoms with Gasteiger partial charge in [0.1, 0.15) is 12.2 Å². The zero-order valence-electron chi connectivity index (χ0n) is 6.25. The Morgan fingerprint density at radius 2 is 1.75 bits per heavy atom. The van der Waals surface area contributed by atoms with E-state index in [1.807, 2.05) is 0 Å². The number of carbonyl (C=O) groups excluding carboxylic acids is 1. The van der Waals surface area contributed by atoms with Gasteiger partial charge in [0.25, 0.3) is 0 Å². The minimum Gasteiger partial charge on any atom is -0.550 e. The van der Waals surface area contributed by atoms with Crippen LogP contribution in [0.25, 0.3) is 0 Å². The van der Waals surface area contributed by atoms with Crippen molar-refractivity contribution in [3.63, 3.8) is 0 Å². The molecule has 4 N–H and O–H groups in total. The van der Waals surface area contributed by atoms with E-state index in [2.05, 4.69) is 0 Å². The second-order valence-electron chi connectivity index (χ2n) is 2.38. The third-order valence-corrected chi connectivity index (χ3v) is 1.35. The number of carboxylic acids is 1. The van der Waals surface area contributed by atoms with E-state index in [9.17, 15) is 9.90 Å². The summed E-state index contributed by atoms with van der Waals surface area (Å²) in [5.41, 5.74) is 0. The third kappa shape index (κ3) is 3.63. The van der Waals surface area contributed by atoms with Gasteiger partial charge in [-0.1, -0.05) is 0 Å². The Bertz CT molecular complexity index is 147. The number of aliphatic hydroxyl groups excluding tert-OH is 4. The molecule has 0 saturated carbocycles. The quantitative estimate of drug-likeness (QED) is 0.343. The summed E-state index contributed by atoms with van der Waals surface area (Å²) in [6.45, 7) is -0.745. The molecule has 0 aromatic heterocycles. The number of hydrogen-bond acceptors (Lipinski definition) is 6. The molecular formula is C6H11O6-. The van der Waals surface area contributed by atoms with E-state index in [0.29, 0.717) is 0 Å². The summed E-state index contributed by atoms with van der Waals surface area (Å²) in [7, 11) is 0. The molecule has 0 fully saturated rings. The smallest absolute Gasteiger partial charge is 0.108 e. The lowest BCUT2D eigenvalue weighted by Crippen LogP contribution is -2.42. The zero-order chi connectivity index (χ0) is 9.72. The molecule has 0 aromatic carbocycles. The predicted octanol–water partition coefficient (Wildman–Crippen LogP) is -3.80. The van der Waals surface area contributed by atoms with Gasteiger partial charge in [-0.2, -0.15) is 0 Å². The van der Waals surface area contributed by atoms with Gasteiger partial charge < -0.3 is 30.3 Å². The SMILES string of the molecule is O=C([O-])CC(O)C(O)C(O)CO. The molecule has 0 bridgehead atoms. The van der Waals surface area contributed by atoms with Crippen molar-refractivity contribution in [2.45, 2.75) is 24.7 Å². The molecule has 0 spiro atoms. The van der Waals surface area contributed by atoms with Gasteiger partial charge in [0.05, 0.1) is 12.7 Å². The normalized spacial score (nSPS) is 18.3. The topological polar surface area (TPSA) is 121 Å². The second-order valence-corrected chi connectivity index (χ2v) is 2.38. The van der Waals surface area contributed by atoms with Gasteiger partial charge in [-0.05, 0) is 0 Å². The first-order valence-electron chi connectivity index (χ1n) is 3.34. The number of carboxylic acid groups (broad SMARTS) is 1. The minimum atomic E-state index is -1.67. The number of aliphatic hydroxyl groups is 4. The molecule has 6 nitrogen and oxygen atoms in total. The Morgan fingerprint density at radius 3 is 2.08 bits per heavy atom. The fourth-order valence-electron chi connectivity index (χ4n) is 0.656. The van der Waals surface area contributed by atoms with Crippen molar-refractivity contribution in [3.8, 4) is 0 Å². The standard InChI is InChI=1S/C6H12O6/c7-2-4(9)6(12)3(8)1-5(10)11/h3-4,6-9,12H,1-2H2,(H,10,11)/p-1. The van der Waals surface area contributed by atoms with E-state index in [1.165, 1.54) is 0 Å². The highest BCUT2D eigenvalue weighted by Gasteiger charge is 2.23. The highest BCUT2D eigenvalue weighted by molar-refractivity contribution is 5.64. The van der Waals surface area contributed by atoms with Crippen LogP contribution >= 0.6 is 0 Å². The van der Waals surface area contributed by atoms with E-state index < -0.39 is 37.3 Å². The van der Waals surface area contributed by atoms with Crippen molar-refractivity contribution >= 4 is 5.97 Å².